The van der Waals surface area contributed by atoms with Crippen molar-refractivity contribution in [2.24, 2.45) is 5.92 Å². The van der Waals surface area contributed by atoms with Gasteiger partial charge in [0.1, 0.15) is 5.78 Å². The molecule has 0 spiro atoms. The summed E-state index contributed by atoms with van der Waals surface area (Å²) in [5, 5.41) is 9.67. The molecule has 0 radical (unpaired) electrons. The van der Waals surface area contributed by atoms with E-state index < -0.39 is 5.60 Å². The Labute approximate surface area is 93.5 Å². The largest absolute Gasteiger partial charge is 0.389 e. The minimum absolute atomic E-state index is 0.126. The molecule has 0 heterocycles. The summed E-state index contributed by atoms with van der Waals surface area (Å²) in [5.74, 6) is 0.393. The molecule has 0 aliphatic heterocycles. The van der Waals surface area contributed by atoms with E-state index in [4.69, 9.17) is 0 Å². The Morgan fingerprint density at radius 3 is 2.27 bits per heavy atom. The quantitative estimate of drug-likeness (QED) is 0.702. The second kappa shape index (κ2) is 6.23. The molecule has 1 unspecified atom stereocenters. The van der Waals surface area contributed by atoms with Gasteiger partial charge in [0.25, 0.3) is 0 Å². The van der Waals surface area contributed by atoms with Crippen LogP contribution in [0.15, 0.2) is 0 Å². The Morgan fingerprint density at radius 2 is 1.93 bits per heavy atom. The van der Waals surface area contributed by atoms with Gasteiger partial charge in [-0.1, -0.05) is 20.8 Å². The van der Waals surface area contributed by atoms with E-state index in [1.165, 1.54) is 0 Å². The maximum Gasteiger partial charge on any atom is 0.149 e. The van der Waals surface area contributed by atoms with Crippen LogP contribution in [0, 0.1) is 5.92 Å². The number of rotatable bonds is 7. The third-order valence-electron chi connectivity index (χ3n) is 2.60. The standard InChI is InChI=1S/C12H25NO2/c1-6-10(3)11(14)8-13(7-2)9-12(4,5)15/h10,15H,6-9H2,1-5H3. The van der Waals surface area contributed by atoms with Gasteiger partial charge in [0.05, 0.1) is 12.1 Å². The van der Waals surface area contributed by atoms with Gasteiger partial charge in [0.2, 0.25) is 0 Å². The number of aliphatic hydroxyl groups is 1. The predicted octanol–water partition coefficient (Wildman–Crippen LogP) is 1.69. The highest BCUT2D eigenvalue weighted by atomic mass is 16.3. The molecule has 0 aromatic carbocycles. The van der Waals surface area contributed by atoms with E-state index in [1.807, 2.05) is 25.7 Å². The second-order valence-electron chi connectivity index (χ2n) is 4.89. The minimum atomic E-state index is -0.730. The summed E-state index contributed by atoms with van der Waals surface area (Å²) in [6, 6.07) is 0. The molecule has 3 heteroatoms. The summed E-state index contributed by atoms with van der Waals surface area (Å²) in [6.07, 6.45) is 0.888. The fourth-order valence-corrected chi connectivity index (χ4v) is 1.43. The van der Waals surface area contributed by atoms with Crippen molar-refractivity contribution in [3.05, 3.63) is 0 Å². The molecule has 0 saturated carbocycles. The van der Waals surface area contributed by atoms with Gasteiger partial charge >= 0.3 is 0 Å². The predicted molar refractivity (Wildman–Crippen MR) is 62.9 cm³/mol. The average molecular weight is 215 g/mol. The van der Waals surface area contributed by atoms with Crippen molar-refractivity contribution in [3.63, 3.8) is 0 Å². The average Bonchev–Trinajstić information content (AvgIpc) is 2.13. The third-order valence-corrected chi connectivity index (χ3v) is 2.60. The first-order valence-corrected chi connectivity index (χ1v) is 5.77. The lowest BCUT2D eigenvalue weighted by Crippen LogP contribution is -2.42. The molecule has 90 valence electrons. The summed E-state index contributed by atoms with van der Waals surface area (Å²) in [7, 11) is 0. The number of carbonyl (C=O) groups excluding carboxylic acids is 1. The van der Waals surface area contributed by atoms with Crippen LogP contribution in [0.3, 0.4) is 0 Å². The Morgan fingerprint density at radius 1 is 1.40 bits per heavy atom. The van der Waals surface area contributed by atoms with E-state index in [1.54, 1.807) is 13.8 Å². The van der Waals surface area contributed by atoms with Crippen LogP contribution in [-0.2, 0) is 4.79 Å². The Balaban J connectivity index is 4.16. The van der Waals surface area contributed by atoms with Gasteiger partial charge in [-0.2, -0.15) is 0 Å². The van der Waals surface area contributed by atoms with Crippen LogP contribution in [0.25, 0.3) is 0 Å². The van der Waals surface area contributed by atoms with Crippen molar-refractivity contribution >= 4 is 5.78 Å². The van der Waals surface area contributed by atoms with Crippen molar-refractivity contribution < 1.29 is 9.90 Å². The van der Waals surface area contributed by atoms with E-state index in [9.17, 15) is 9.90 Å². The molecule has 3 nitrogen and oxygen atoms in total. The summed E-state index contributed by atoms with van der Waals surface area (Å²) in [5.41, 5.74) is -0.730. The lowest BCUT2D eigenvalue weighted by molar-refractivity contribution is -0.124. The fourth-order valence-electron chi connectivity index (χ4n) is 1.43. The van der Waals surface area contributed by atoms with Gasteiger partial charge in [-0.25, -0.2) is 0 Å². The summed E-state index contributed by atoms with van der Waals surface area (Å²) in [4.78, 5) is 13.7. The molecule has 0 rings (SSSR count). The molecule has 0 aromatic heterocycles. The molecular weight excluding hydrogens is 190 g/mol. The van der Waals surface area contributed by atoms with Crippen molar-refractivity contribution in [2.45, 2.75) is 46.6 Å². The van der Waals surface area contributed by atoms with Gasteiger partial charge in [-0.15, -0.1) is 0 Å². The number of carbonyl (C=O) groups is 1. The van der Waals surface area contributed by atoms with Crippen molar-refractivity contribution in [1.82, 2.24) is 4.90 Å². The SMILES string of the molecule is CCC(C)C(=O)CN(CC)CC(C)(C)O. The highest BCUT2D eigenvalue weighted by molar-refractivity contribution is 5.82. The third kappa shape index (κ3) is 6.63. The van der Waals surface area contributed by atoms with Gasteiger partial charge in [-0.3, -0.25) is 9.69 Å². The first-order chi connectivity index (χ1) is 6.80. The molecule has 0 aromatic rings. The zero-order chi connectivity index (χ0) is 12.1. The van der Waals surface area contributed by atoms with Gasteiger partial charge in [0, 0.05) is 12.5 Å². The molecule has 0 bridgehead atoms. The van der Waals surface area contributed by atoms with Crippen molar-refractivity contribution in [2.75, 3.05) is 19.6 Å². The molecule has 1 N–H and O–H groups in total. The number of hydrogen-bond acceptors (Lipinski definition) is 3. The number of hydrogen-bond donors (Lipinski definition) is 1. The highest BCUT2D eigenvalue weighted by Gasteiger charge is 2.20. The van der Waals surface area contributed by atoms with Gasteiger partial charge in [-0.05, 0) is 26.8 Å². The number of likely N-dealkylation sites (N-methyl/N-ethyl adjacent to an activating group) is 1. The zero-order valence-electron chi connectivity index (χ0n) is 10.7. The topological polar surface area (TPSA) is 40.5 Å². The smallest absolute Gasteiger partial charge is 0.149 e. The molecule has 0 amide bonds. The molecular formula is C12H25NO2. The molecule has 0 fully saturated rings. The van der Waals surface area contributed by atoms with Crippen LogP contribution < -0.4 is 0 Å². The Hall–Kier alpha value is -0.410. The Kier molecular flexibility index (Phi) is 6.06. The maximum atomic E-state index is 11.7. The summed E-state index contributed by atoms with van der Waals surface area (Å²) >= 11 is 0. The van der Waals surface area contributed by atoms with E-state index in [-0.39, 0.29) is 11.7 Å². The van der Waals surface area contributed by atoms with E-state index in [2.05, 4.69) is 0 Å². The lowest BCUT2D eigenvalue weighted by atomic mass is 10.0. The monoisotopic (exact) mass is 215 g/mol. The Bertz CT molecular complexity index is 196. The number of nitrogens with zero attached hydrogens (tertiary/aromatic N) is 1. The molecule has 15 heavy (non-hydrogen) atoms. The number of Topliss-reactive ketones (excluding diaryl/α,β-unsaturated/α-hetero) is 1. The molecule has 0 saturated heterocycles. The van der Waals surface area contributed by atoms with E-state index in [0.29, 0.717) is 13.1 Å². The van der Waals surface area contributed by atoms with E-state index in [0.717, 1.165) is 13.0 Å². The minimum Gasteiger partial charge on any atom is -0.389 e. The van der Waals surface area contributed by atoms with Crippen LogP contribution in [0.2, 0.25) is 0 Å². The normalized spacial score (nSPS) is 14.3. The first-order valence-electron chi connectivity index (χ1n) is 5.77. The van der Waals surface area contributed by atoms with Crippen LogP contribution in [-0.4, -0.2) is 41.0 Å². The first kappa shape index (κ1) is 14.6. The molecule has 0 aliphatic rings. The fraction of sp³-hybridized carbons (Fsp3) is 0.917. The summed E-state index contributed by atoms with van der Waals surface area (Å²) in [6.45, 7) is 11.3. The number of ketones is 1. The van der Waals surface area contributed by atoms with Crippen LogP contribution in [0.4, 0.5) is 0 Å². The van der Waals surface area contributed by atoms with Crippen molar-refractivity contribution in [3.8, 4) is 0 Å². The maximum absolute atomic E-state index is 11.7. The van der Waals surface area contributed by atoms with Gasteiger partial charge in [0.15, 0.2) is 0 Å². The zero-order valence-corrected chi connectivity index (χ0v) is 10.7. The summed E-state index contributed by atoms with van der Waals surface area (Å²) < 4.78 is 0. The van der Waals surface area contributed by atoms with E-state index >= 15 is 0 Å². The van der Waals surface area contributed by atoms with Crippen molar-refractivity contribution in [1.29, 1.82) is 0 Å². The van der Waals surface area contributed by atoms with Crippen LogP contribution in [0.1, 0.15) is 41.0 Å². The molecule has 0 aliphatic carbocycles. The van der Waals surface area contributed by atoms with Crippen LogP contribution in [0.5, 0.6) is 0 Å². The van der Waals surface area contributed by atoms with Gasteiger partial charge < -0.3 is 5.11 Å². The lowest BCUT2D eigenvalue weighted by Gasteiger charge is -2.28. The van der Waals surface area contributed by atoms with Crippen LogP contribution >= 0.6 is 0 Å². The highest BCUT2D eigenvalue weighted by Crippen LogP contribution is 2.08. The molecule has 1 atom stereocenters. The second-order valence-corrected chi connectivity index (χ2v) is 4.89.